The number of aliphatic hydroxyl groups is 1. The van der Waals surface area contributed by atoms with Gasteiger partial charge < -0.3 is 14.9 Å². The maximum atomic E-state index is 10.3. The SMILES string of the molecule is CCN1CCN(CCC(O)c2ccc(Cl)c(C)c2)CC1. The van der Waals surface area contributed by atoms with Gasteiger partial charge in [-0.05, 0) is 37.1 Å². The summed E-state index contributed by atoms with van der Waals surface area (Å²) in [5.74, 6) is 0. The Bertz CT molecular complexity index is 430. The minimum atomic E-state index is -0.393. The van der Waals surface area contributed by atoms with Crippen molar-refractivity contribution < 1.29 is 5.11 Å². The molecule has 2 rings (SSSR count). The molecule has 112 valence electrons. The number of hydrogen-bond donors (Lipinski definition) is 1. The van der Waals surface area contributed by atoms with Gasteiger partial charge in [-0.25, -0.2) is 0 Å². The average molecular weight is 297 g/mol. The fourth-order valence-corrected chi connectivity index (χ4v) is 2.79. The van der Waals surface area contributed by atoms with Crippen LogP contribution in [0.1, 0.15) is 30.6 Å². The first-order valence-corrected chi connectivity index (χ1v) is 7.86. The van der Waals surface area contributed by atoms with E-state index in [1.807, 2.05) is 25.1 Å². The second-order valence-electron chi connectivity index (χ2n) is 5.59. The van der Waals surface area contributed by atoms with Gasteiger partial charge in [0, 0.05) is 37.7 Å². The lowest BCUT2D eigenvalue weighted by molar-refractivity contribution is 0.105. The van der Waals surface area contributed by atoms with Gasteiger partial charge in [-0.2, -0.15) is 0 Å². The predicted octanol–water partition coefficient (Wildman–Crippen LogP) is 2.71. The molecule has 0 amide bonds. The Hall–Kier alpha value is -0.610. The van der Waals surface area contributed by atoms with Crippen LogP contribution in [0.4, 0.5) is 0 Å². The molecule has 20 heavy (non-hydrogen) atoms. The normalized spacial score (nSPS) is 19.2. The second-order valence-corrected chi connectivity index (χ2v) is 6.00. The summed E-state index contributed by atoms with van der Waals surface area (Å²) < 4.78 is 0. The molecule has 0 spiro atoms. The summed E-state index contributed by atoms with van der Waals surface area (Å²) in [6, 6.07) is 5.78. The molecule has 0 bridgehead atoms. The summed E-state index contributed by atoms with van der Waals surface area (Å²) in [7, 11) is 0. The van der Waals surface area contributed by atoms with E-state index in [0.29, 0.717) is 0 Å². The monoisotopic (exact) mass is 296 g/mol. The highest BCUT2D eigenvalue weighted by Crippen LogP contribution is 2.23. The van der Waals surface area contributed by atoms with Crippen LogP contribution in [-0.2, 0) is 0 Å². The summed E-state index contributed by atoms with van der Waals surface area (Å²) in [5.41, 5.74) is 2.00. The van der Waals surface area contributed by atoms with Crippen LogP contribution < -0.4 is 0 Å². The van der Waals surface area contributed by atoms with E-state index < -0.39 is 6.10 Å². The Kier molecular flexibility index (Phi) is 5.85. The van der Waals surface area contributed by atoms with Crippen LogP contribution in [0.3, 0.4) is 0 Å². The van der Waals surface area contributed by atoms with Gasteiger partial charge in [-0.15, -0.1) is 0 Å². The molecule has 4 heteroatoms. The van der Waals surface area contributed by atoms with Crippen LogP contribution in [0, 0.1) is 6.92 Å². The molecular weight excluding hydrogens is 272 g/mol. The Balaban J connectivity index is 1.80. The molecule has 3 nitrogen and oxygen atoms in total. The van der Waals surface area contributed by atoms with Crippen LogP contribution in [0.25, 0.3) is 0 Å². The molecule has 1 aromatic rings. The van der Waals surface area contributed by atoms with Crippen molar-refractivity contribution in [3.8, 4) is 0 Å². The lowest BCUT2D eigenvalue weighted by Crippen LogP contribution is -2.46. The minimum absolute atomic E-state index is 0.393. The molecular formula is C16H25ClN2O. The van der Waals surface area contributed by atoms with Crippen LogP contribution in [0.15, 0.2) is 18.2 Å². The third kappa shape index (κ3) is 4.19. The molecule has 1 heterocycles. The van der Waals surface area contributed by atoms with Crippen molar-refractivity contribution in [2.45, 2.75) is 26.4 Å². The molecule has 0 saturated carbocycles. The first-order valence-electron chi connectivity index (χ1n) is 7.49. The number of piperazine rings is 1. The molecule has 0 aliphatic carbocycles. The first kappa shape index (κ1) is 15.8. The van der Waals surface area contributed by atoms with E-state index in [1.54, 1.807) is 0 Å². The van der Waals surface area contributed by atoms with E-state index in [2.05, 4.69) is 16.7 Å². The van der Waals surface area contributed by atoms with Crippen molar-refractivity contribution in [1.82, 2.24) is 9.80 Å². The Labute approximate surface area is 127 Å². The Morgan fingerprint density at radius 1 is 1.20 bits per heavy atom. The molecule has 0 aromatic heterocycles. The number of rotatable bonds is 5. The van der Waals surface area contributed by atoms with E-state index in [0.717, 1.165) is 61.8 Å². The highest BCUT2D eigenvalue weighted by molar-refractivity contribution is 6.31. The number of likely N-dealkylation sites (N-methyl/N-ethyl adjacent to an activating group) is 1. The standard InChI is InChI=1S/C16H25ClN2O/c1-3-18-8-10-19(11-9-18)7-6-16(20)14-4-5-15(17)13(2)12-14/h4-5,12,16,20H,3,6-11H2,1-2H3. The van der Waals surface area contributed by atoms with Gasteiger partial charge in [0.2, 0.25) is 0 Å². The van der Waals surface area contributed by atoms with Crippen LogP contribution in [-0.4, -0.2) is 54.2 Å². The van der Waals surface area contributed by atoms with E-state index in [9.17, 15) is 5.11 Å². The van der Waals surface area contributed by atoms with E-state index in [-0.39, 0.29) is 0 Å². The van der Waals surface area contributed by atoms with E-state index in [1.165, 1.54) is 0 Å². The summed E-state index contributed by atoms with van der Waals surface area (Å²) in [4.78, 5) is 4.91. The highest BCUT2D eigenvalue weighted by atomic mass is 35.5. The first-order chi connectivity index (χ1) is 9.60. The molecule has 1 aliphatic heterocycles. The number of aliphatic hydroxyl groups excluding tert-OH is 1. The summed E-state index contributed by atoms with van der Waals surface area (Å²) in [6.07, 6.45) is 0.392. The topological polar surface area (TPSA) is 26.7 Å². The lowest BCUT2D eigenvalue weighted by Gasteiger charge is -2.34. The predicted molar refractivity (Wildman–Crippen MR) is 84.3 cm³/mol. The Morgan fingerprint density at radius 3 is 2.45 bits per heavy atom. The second kappa shape index (κ2) is 7.41. The summed E-state index contributed by atoms with van der Waals surface area (Å²) in [6.45, 7) is 10.8. The van der Waals surface area contributed by atoms with Gasteiger partial charge in [-0.3, -0.25) is 0 Å². The zero-order chi connectivity index (χ0) is 14.5. The number of hydrogen-bond acceptors (Lipinski definition) is 3. The zero-order valence-electron chi connectivity index (χ0n) is 12.5. The third-order valence-electron chi connectivity index (χ3n) is 4.20. The summed E-state index contributed by atoms with van der Waals surface area (Å²) >= 11 is 6.02. The van der Waals surface area contributed by atoms with Gasteiger partial charge in [0.05, 0.1) is 6.10 Å². The molecule has 0 radical (unpaired) electrons. The number of nitrogens with zero attached hydrogens (tertiary/aromatic N) is 2. The fraction of sp³-hybridized carbons (Fsp3) is 0.625. The quantitative estimate of drug-likeness (QED) is 0.905. The molecule has 1 atom stereocenters. The maximum absolute atomic E-state index is 10.3. The van der Waals surface area contributed by atoms with Crippen molar-refractivity contribution in [1.29, 1.82) is 0 Å². The number of halogens is 1. The maximum Gasteiger partial charge on any atom is 0.0802 e. The van der Waals surface area contributed by atoms with Gasteiger partial charge in [0.15, 0.2) is 0 Å². The Morgan fingerprint density at radius 2 is 1.85 bits per heavy atom. The average Bonchev–Trinajstić information content (AvgIpc) is 2.48. The van der Waals surface area contributed by atoms with Crippen molar-refractivity contribution in [2.24, 2.45) is 0 Å². The molecule has 1 saturated heterocycles. The van der Waals surface area contributed by atoms with Crippen LogP contribution in [0.2, 0.25) is 5.02 Å². The molecule has 1 N–H and O–H groups in total. The van der Waals surface area contributed by atoms with E-state index >= 15 is 0 Å². The van der Waals surface area contributed by atoms with Crippen molar-refractivity contribution in [3.05, 3.63) is 34.3 Å². The van der Waals surface area contributed by atoms with Gasteiger partial charge in [0.25, 0.3) is 0 Å². The largest absolute Gasteiger partial charge is 0.388 e. The van der Waals surface area contributed by atoms with Crippen molar-refractivity contribution in [3.63, 3.8) is 0 Å². The summed E-state index contributed by atoms with van der Waals surface area (Å²) in [5, 5.41) is 11.0. The lowest BCUT2D eigenvalue weighted by atomic mass is 10.0. The van der Waals surface area contributed by atoms with Gasteiger partial charge >= 0.3 is 0 Å². The number of aryl methyl sites for hydroxylation is 1. The minimum Gasteiger partial charge on any atom is -0.388 e. The highest BCUT2D eigenvalue weighted by Gasteiger charge is 2.17. The molecule has 1 aliphatic rings. The molecule has 1 unspecified atom stereocenters. The van der Waals surface area contributed by atoms with Crippen molar-refractivity contribution in [2.75, 3.05) is 39.3 Å². The zero-order valence-corrected chi connectivity index (χ0v) is 13.2. The van der Waals surface area contributed by atoms with Gasteiger partial charge in [0.1, 0.15) is 0 Å². The molecule has 1 aromatic carbocycles. The molecule has 1 fully saturated rings. The third-order valence-corrected chi connectivity index (χ3v) is 4.62. The van der Waals surface area contributed by atoms with Gasteiger partial charge in [-0.1, -0.05) is 30.7 Å². The van der Waals surface area contributed by atoms with E-state index in [4.69, 9.17) is 11.6 Å². The van der Waals surface area contributed by atoms with Crippen molar-refractivity contribution >= 4 is 11.6 Å². The fourth-order valence-electron chi connectivity index (χ4n) is 2.68. The van der Waals surface area contributed by atoms with Crippen LogP contribution in [0.5, 0.6) is 0 Å². The number of benzene rings is 1. The smallest absolute Gasteiger partial charge is 0.0802 e. The van der Waals surface area contributed by atoms with Crippen LogP contribution >= 0.6 is 11.6 Å².